The zero-order valence-corrected chi connectivity index (χ0v) is 12.7. The predicted molar refractivity (Wildman–Crippen MR) is 72.6 cm³/mol. The Balaban J connectivity index is 1.66. The molecule has 7 heteroatoms. The van der Waals surface area contributed by atoms with Crippen LogP contribution in [0.15, 0.2) is 0 Å². The Labute approximate surface area is 135 Å². The van der Waals surface area contributed by atoms with Crippen molar-refractivity contribution in [3.63, 3.8) is 0 Å². The topological polar surface area (TPSA) is 26.3 Å². The highest BCUT2D eigenvalue weighted by molar-refractivity contribution is 5.90. The van der Waals surface area contributed by atoms with Crippen molar-refractivity contribution in [2.24, 2.45) is 17.8 Å². The van der Waals surface area contributed by atoms with Crippen LogP contribution in [0.2, 0.25) is 0 Å². The summed E-state index contributed by atoms with van der Waals surface area (Å²) in [6.45, 7) is 0. The van der Waals surface area contributed by atoms with Crippen LogP contribution in [0.1, 0.15) is 48.9 Å². The summed E-state index contributed by atoms with van der Waals surface area (Å²) >= 11 is 0. The summed E-state index contributed by atoms with van der Waals surface area (Å²) in [6.07, 6.45) is 4.96. The molecule has 4 bridgehead atoms. The van der Waals surface area contributed by atoms with Crippen molar-refractivity contribution in [2.45, 2.75) is 44.1 Å². The minimum atomic E-state index is -2.28. The van der Waals surface area contributed by atoms with Crippen molar-refractivity contribution >= 4 is 5.97 Å². The Bertz CT molecular complexity index is 666. The molecular formula is C17H15F5O2. The standard InChI is InChI=1S/C17H15F5O2/c18-11-10(12(19)14(21)15(22)13(11)20)16(23)24-17-4-7-1-8(5-17)3-9(2-7)6-17/h7-9H,1-6H2. The second-order valence-corrected chi connectivity index (χ2v) is 7.43. The minimum Gasteiger partial charge on any atom is -0.455 e. The fraction of sp³-hybridized carbons (Fsp3) is 0.588. The van der Waals surface area contributed by atoms with E-state index in [-0.39, 0.29) is 0 Å². The lowest BCUT2D eigenvalue weighted by Gasteiger charge is -2.55. The molecule has 0 amide bonds. The molecule has 1 aromatic carbocycles. The van der Waals surface area contributed by atoms with Gasteiger partial charge in [0.1, 0.15) is 11.2 Å². The predicted octanol–water partition coefficient (Wildman–Crippen LogP) is 4.51. The summed E-state index contributed by atoms with van der Waals surface area (Å²) < 4.78 is 72.6. The molecule has 130 valence electrons. The first-order valence-corrected chi connectivity index (χ1v) is 8.04. The summed E-state index contributed by atoms with van der Waals surface area (Å²) in [6, 6.07) is 0. The van der Waals surface area contributed by atoms with Gasteiger partial charge in [-0.05, 0) is 56.3 Å². The summed E-state index contributed by atoms with van der Waals surface area (Å²) in [5, 5.41) is 0. The quantitative estimate of drug-likeness (QED) is 0.341. The molecule has 0 atom stereocenters. The van der Waals surface area contributed by atoms with Gasteiger partial charge in [-0.3, -0.25) is 0 Å². The summed E-state index contributed by atoms with van der Waals surface area (Å²) in [7, 11) is 0. The smallest absolute Gasteiger partial charge is 0.344 e. The minimum absolute atomic E-state index is 0.403. The summed E-state index contributed by atoms with van der Waals surface area (Å²) in [5.74, 6) is -11.1. The van der Waals surface area contributed by atoms with Gasteiger partial charge >= 0.3 is 5.97 Å². The van der Waals surface area contributed by atoms with E-state index >= 15 is 0 Å². The zero-order chi connectivity index (χ0) is 17.2. The van der Waals surface area contributed by atoms with Crippen LogP contribution in [0.25, 0.3) is 0 Å². The summed E-state index contributed by atoms with van der Waals surface area (Å²) in [5.41, 5.74) is -2.33. The number of carbonyl (C=O) groups is 1. The van der Waals surface area contributed by atoms with Gasteiger partial charge in [0.15, 0.2) is 23.3 Å². The number of halogens is 5. The van der Waals surface area contributed by atoms with Crippen molar-refractivity contribution in [1.82, 2.24) is 0 Å². The fourth-order valence-electron chi connectivity index (χ4n) is 5.19. The third-order valence-electron chi connectivity index (χ3n) is 5.71. The number of benzene rings is 1. The number of carbonyl (C=O) groups excluding carboxylic acids is 1. The molecule has 0 aromatic heterocycles. The molecule has 0 aliphatic heterocycles. The Morgan fingerprint density at radius 3 is 1.54 bits per heavy atom. The average molecular weight is 346 g/mol. The molecule has 4 fully saturated rings. The number of ether oxygens (including phenoxy) is 1. The molecule has 0 heterocycles. The van der Waals surface area contributed by atoms with E-state index in [1.165, 1.54) is 0 Å². The zero-order valence-electron chi connectivity index (χ0n) is 12.7. The average Bonchev–Trinajstić information content (AvgIpc) is 2.49. The Morgan fingerprint density at radius 2 is 1.12 bits per heavy atom. The highest BCUT2D eigenvalue weighted by Gasteiger charge is 2.53. The van der Waals surface area contributed by atoms with Crippen LogP contribution in [0.5, 0.6) is 0 Å². The van der Waals surface area contributed by atoms with E-state index in [4.69, 9.17) is 4.74 Å². The van der Waals surface area contributed by atoms with Gasteiger partial charge in [-0.2, -0.15) is 0 Å². The third-order valence-corrected chi connectivity index (χ3v) is 5.71. The van der Waals surface area contributed by atoms with Crippen LogP contribution in [-0.2, 0) is 4.74 Å². The van der Waals surface area contributed by atoms with Crippen LogP contribution < -0.4 is 0 Å². The molecular weight excluding hydrogens is 331 g/mol. The molecule has 24 heavy (non-hydrogen) atoms. The molecule has 0 saturated heterocycles. The normalized spacial score (nSPS) is 33.8. The monoisotopic (exact) mass is 346 g/mol. The van der Waals surface area contributed by atoms with Crippen molar-refractivity contribution in [3.05, 3.63) is 34.6 Å². The van der Waals surface area contributed by atoms with Crippen molar-refractivity contribution in [2.75, 3.05) is 0 Å². The number of rotatable bonds is 2. The molecule has 4 saturated carbocycles. The largest absolute Gasteiger partial charge is 0.455 e. The van der Waals surface area contributed by atoms with E-state index in [0.29, 0.717) is 37.0 Å². The maximum absolute atomic E-state index is 13.8. The van der Waals surface area contributed by atoms with Gasteiger partial charge in [0, 0.05) is 0 Å². The maximum Gasteiger partial charge on any atom is 0.344 e. The Morgan fingerprint density at radius 1 is 0.750 bits per heavy atom. The van der Waals surface area contributed by atoms with Crippen LogP contribution in [-0.4, -0.2) is 11.6 Å². The van der Waals surface area contributed by atoms with Crippen molar-refractivity contribution < 1.29 is 31.5 Å². The van der Waals surface area contributed by atoms with Gasteiger partial charge in [0.2, 0.25) is 5.82 Å². The van der Waals surface area contributed by atoms with E-state index in [1.807, 2.05) is 0 Å². The lowest BCUT2D eigenvalue weighted by atomic mass is 9.54. The molecule has 2 nitrogen and oxygen atoms in total. The molecule has 0 unspecified atom stereocenters. The molecule has 0 radical (unpaired) electrons. The Kier molecular flexibility index (Phi) is 3.41. The molecule has 4 aliphatic carbocycles. The molecule has 0 N–H and O–H groups in total. The number of esters is 1. The highest BCUT2D eigenvalue weighted by Crippen LogP contribution is 2.57. The lowest BCUT2D eigenvalue weighted by Crippen LogP contribution is -2.52. The molecule has 4 aliphatic rings. The highest BCUT2D eigenvalue weighted by atomic mass is 19.2. The third kappa shape index (κ3) is 2.24. The van der Waals surface area contributed by atoms with E-state index in [9.17, 15) is 26.7 Å². The molecule has 1 aromatic rings. The van der Waals surface area contributed by atoms with Crippen LogP contribution >= 0.6 is 0 Å². The van der Waals surface area contributed by atoms with Gasteiger partial charge in [-0.15, -0.1) is 0 Å². The van der Waals surface area contributed by atoms with Crippen molar-refractivity contribution in [3.8, 4) is 0 Å². The van der Waals surface area contributed by atoms with Gasteiger partial charge in [-0.1, -0.05) is 0 Å². The van der Waals surface area contributed by atoms with E-state index in [0.717, 1.165) is 19.3 Å². The number of hydrogen-bond acceptors (Lipinski definition) is 2. The lowest BCUT2D eigenvalue weighted by molar-refractivity contribution is -0.131. The Hall–Kier alpha value is -1.66. The van der Waals surface area contributed by atoms with Crippen LogP contribution in [0.3, 0.4) is 0 Å². The van der Waals surface area contributed by atoms with Gasteiger partial charge in [0.25, 0.3) is 0 Å². The van der Waals surface area contributed by atoms with Crippen LogP contribution in [0.4, 0.5) is 22.0 Å². The second kappa shape index (κ2) is 5.17. The van der Waals surface area contributed by atoms with Gasteiger partial charge in [-0.25, -0.2) is 26.7 Å². The van der Waals surface area contributed by atoms with Crippen LogP contribution in [0, 0.1) is 46.8 Å². The van der Waals surface area contributed by atoms with E-state index < -0.39 is 46.2 Å². The van der Waals surface area contributed by atoms with Gasteiger partial charge in [0.05, 0.1) is 0 Å². The van der Waals surface area contributed by atoms with Gasteiger partial charge < -0.3 is 4.74 Å². The summed E-state index contributed by atoms with van der Waals surface area (Å²) in [4.78, 5) is 12.2. The van der Waals surface area contributed by atoms with E-state index in [2.05, 4.69) is 0 Å². The van der Waals surface area contributed by atoms with Crippen molar-refractivity contribution in [1.29, 1.82) is 0 Å². The first-order valence-electron chi connectivity index (χ1n) is 8.04. The molecule has 0 spiro atoms. The maximum atomic E-state index is 13.8. The molecule has 5 rings (SSSR count). The van der Waals surface area contributed by atoms with E-state index in [1.54, 1.807) is 0 Å². The number of hydrogen-bond donors (Lipinski definition) is 0. The second-order valence-electron chi connectivity index (χ2n) is 7.43. The fourth-order valence-corrected chi connectivity index (χ4v) is 5.19. The first-order chi connectivity index (χ1) is 11.3. The first kappa shape index (κ1) is 15.8. The SMILES string of the molecule is O=C(OC12CC3CC(CC(C3)C1)C2)c1c(F)c(F)c(F)c(F)c1F.